The Bertz CT molecular complexity index is 855. The molecule has 1 heterocycles. The number of H-pyrrole nitrogens is 1. The minimum absolute atomic E-state index is 0.109. The molecule has 22 heavy (non-hydrogen) atoms. The summed E-state index contributed by atoms with van der Waals surface area (Å²) in [7, 11) is 0. The van der Waals surface area contributed by atoms with Gasteiger partial charge in [0.15, 0.2) is 0 Å². The number of ether oxygens (including phenoxy) is 1. The van der Waals surface area contributed by atoms with E-state index in [2.05, 4.69) is 4.98 Å². The molecule has 0 aliphatic rings. The molecule has 4 nitrogen and oxygen atoms in total. The lowest BCUT2D eigenvalue weighted by atomic mass is 10.3. The van der Waals surface area contributed by atoms with Gasteiger partial charge in [0.2, 0.25) is 0 Å². The van der Waals surface area contributed by atoms with Gasteiger partial charge in [-0.2, -0.15) is 0 Å². The molecule has 0 unspecified atom stereocenters. The molecule has 3 rings (SSSR count). The van der Waals surface area contributed by atoms with Crippen LogP contribution in [0.4, 0.5) is 0 Å². The van der Waals surface area contributed by atoms with E-state index in [9.17, 15) is 4.79 Å². The Morgan fingerprint density at radius 1 is 1.14 bits per heavy atom. The second-order valence-electron chi connectivity index (χ2n) is 4.88. The Balaban J connectivity index is 1.64. The summed E-state index contributed by atoms with van der Waals surface area (Å²) in [6, 6.07) is 12.7. The van der Waals surface area contributed by atoms with Crippen molar-refractivity contribution in [2.24, 2.45) is 0 Å². The van der Waals surface area contributed by atoms with E-state index in [0.717, 1.165) is 11.0 Å². The predicted octanol–water partition coefficient (Wildman–Crippen LogP) is 4.11. The first kappa shape index (κ1) is 15.0. The Labute approximate surface area is 137 Å². The van der Waals surface area contributed by atoms with Crippen LogP contribution >= 0.6 is 23.2 Å². The van der Waals surface area contributed by atoms with Gasteiger partial charge in [-0.15, -0.1) is 0 Å². The summed E-state index contributed by atoms with van der Waals surface area (Å²) in [6.45, 7) is 1.02. The molecule has 0 bridgehead atoms. The summed E-state index contributed by atoms with van der Waals surface area (Å²) in [5.41, 5.74) is 1.63. The molecule has 0 aliphatic carbocycles. The van der Waals surface area contributed by atoms with E-state index >= 15 is 0 Å². The minimum atomic E-state index is -0.109. The van der Waals surface area contributed by atoms with Crippen molar-refractivity contribution in [2.75, 3.05) is 6.61 Å². The molecule has 0 saturated heterocycles. The second kappa shape index (κ2) is 6.46. The number of nitrogens with zero attached hydrogens (tertiary/aromatic N) is 1. The molecule has 114 valence electrons. The highest BCUT2D eigenvalue weighted by atomic mass is 35.5. The number of halogens is 2. The molecule has 1 aromatic heterocycles. The summed E-state index contributed by atoms with van der Waals surface area (Å²) in [5, 5.41) is 1.10. The normalized spacial score (nSPS) is 11.0. The van der Waals surface area contributed by atoms with Gasteiger partial charge in [0, 0.05) is 17.6 Å². The molecule has 0 atom stereocenters. The number of hydrogen-bond donors (Lipinski definition) is 1. The van der Waals surface area contributed by atoms with Crippen LogP contribution in [0.1, 0.15) is 6.42 Å². The number of aromatic nitrogens is 2. The first-order chi connectivity index (χ1) is 10.6. The molecule has 0 fully saturated rings. The minimum Gasteiger partial charge on any atom is -0.492 e. The zero-order chi connectivity index (χ0) is 15.5. The van der Waals surface area contributed by atoms with E-state index in [1.165, 1.54) is 0 Å². The number of benzene rings is 2. The third kappa shape index (κ3) is 3.13. The maximum Gasteiger partial charge on any atom is 0.326 e. The Kier molecular flexibility index (Phi) is 4.41. The Hall–Kier alpha value is -1.91. The van der Waals surface area contributed by atoms with Crippen LogP contribution in [0.5, 0.6) is 5.75 Å². The van der Waals surface area contributed by atoms with Crippen molar-refractivity contribution in [3.05, 3.63) is 63.0 Å². The molecule has 6 heteroatoms. The van der Waals surface area contributed by atoms with Gasteiger partial charge in [0.05, 0.1) is 22.7 Å². The van der Waals surface area contributed by atoms with Crippen molar-refractivity contribution < 1.29 is 4.74 Å². The molecule has 1 N–H and O–H groups in total. The zero-order valence-corrected chi connectivity index (χ0v) is 13.2. The van der Waals surface area contributed by atoms with Crippen LogP contribution < -0.4 is 10.4 Å². The van der Waals surface area contributed by atoms with Gasteiger partial charge in [-0.1, -0.05) is 35.3 Å². The fourth-order valence-corrected chi connectivity index (χ4v) is 2.66. The Morgan fingerprint density at radius 2 is 1.95 bits per heavy atom. The maximum absolute atomic E-state index is 11.9. The van der Waals surface area contributed by atoms with Gasteiger partial charge in [-0.3, -0.25) is 4.57 Å². The van der Waals surface area contributed by atoms with Gasteiger partial charge < -0.3 is 9.72 Å². The van der Waals surface area contributed by atoms with Crippen molar-refractivity contribution in [1.29, 1.82) is 0 Å². The average Bonchev–Trinajstić information content (AvgIpc) is 2.83. The smallest absolute Gasteiger partial charge is 0.326 e. The number of imidazole rings is 1. The van der Waals surface area contributed by atoms with Crippen LogP contribution in [-0.4, -0.2) is 16.2 Å². The molecular weight excluding hydrogens is 323 g/mol. The van der Waals surface area contributed by atoms with Crippen molar-refractivity contribution in [2.45, 2.75) is 13.0 Å². The zero-order valence-electron chi connectivity index (χ0n) is 11.7. The lowest BCUT2D eigenvalue weighted by Crippen LogP contribution is -2.18. The largest absolute Gasteiger partial charge is 0.492 e. The Morgan fingerprint density at radius 3 is 2.82 bits per heavy atom. The third-order valence-electron chi connectivity index (χ3n) is 3.36. The molecule has 0 aliphatic heterocycles. The van der Waals surface area contributed by atoms with Crippen molar-refractivity contribution >= 4 is 34.2 Å². The molecule has 0 radical (unpaired) electrons. The maximum atomic E-state index is 11.9. The summed E-state index contributed by atoms with van der Waals surface area (Å²) in [5.74, 6) is 0.556. The molecule has 0 spiro atoms. The molecule has 3 aromatic rings. The SMILES string of the molecule is O=c1[nH]c2ccccc2n1CCCOc1cc(Cl)ccc1Cl. The van der Waals surface area contributed by atoms with E-state index in [-0.39, 0.29) is 5.69 Å². The van der Waals surface area contributed by atoms with Crippen LogP contribution in [0.3, 0.4) is 0 Å². The number of aromatic amines is 1. The standard InChI is InChI=1S/C16H14Cl2N2O2/c17-11-6-7-12(18)15(10-11)22-9-3-8-20-14-5-2-1-4-13(14)19-16(20)21/h1-2,4-7,10H,3,8-9H2,(H,19,21). The van der Waals surface area contributed by atoms with Crippen LogP contribution in [0, 0.1) is 0 Å². The average molecular weight is 337 g/mol. The number of para-hydroxylation sites is 2. The fraction of sp³-hybridized carbons (Fsp3) is 0.188. The number of fused-ring (bicyclic) bond motifs is 1. The predicted molar refractivity (Wildman–Crippen MR) is 89.1 cm³/mol. The summed E-state index contributed by atoms with van der Waals surface area (Å²) >= 11 is 11.9. The van der Waals surface area contributed by atoms with E-state index in [1.807, 2.05) is 24.3 Å². The first-order valence-corrected chi connectivity index (χ1v) is 7.66. The third-order valence-corrected chi connectivity index (χ3v) is 3.91. The highest BCUT2D eigenvalue weighted by Crippen LogP contribution is 2.27. The van der Waals surface area contributed by atoms with Crippen LogP contribution in [0.2, 0.25) is 10.0 Å². The fourth-order valence-electron chi connectivity index (χ4n) is 2.32. The summed E-state index contributed by atoms with van der Waals surface area (Å²) in [4.78, 5) is 14.8. The number of rotatable bonds is 5. The van der Waals surface area contributed by atoms with E-state index in [4.69, 9.17) is 27.9 Å². The van der Waals surface area contributed by atoms with E-state index < -0.39 is 0 Å². The van der Waals surface area contributed by atoms with Crippen LogP contribution in [0.25, 0.3) is 11.0 Å². The quantitative estimate of drug-likeness (QED) is 0.713. The van der Waals surface area contributed by atoms with Crippen molar-refractivity contribution in [3.8, 4) is 5.75 Å². The topological polar surface area (TPSA) is 47.0 Å². The van der Waals surface area contributed by atoms with Gasteiger partial charge in [-0.25, -0.2) is 4.79 Å². The monoisotopic (exact) mass is 336 g/mol. The molecular formula is C16H14Cl2N2O2. The molecule has 0 amide bonds. The van der Waals surface area contributed by atoms with Crippen LogP contribution in [-0.2, 0) is 6.54 Å². The number of nitrogens with one attached hydrogen (secondary N) is 1. The van der Waals surface area contributed by atoms with Gasteiger partial charge in [0.25, 0.3) is 0 Å². The molecule has 0 saturated carbocycles. The highest BCUT2D eigenvalue weighted by Gasteiger charge is 2.06. The van der Waals surface area contributed by atoms with Crippen molar-refractivity contribution in [1.82, 2.24) is 9.55 Å². The summed E-state index contributed by atoms with van der Waals surface area (Å²) in [6.07, 6.45) is 0.685. The number of hydrogen-bond acceptors (Lipinski definition) is 2. The van der Waals surface area contributed by atoms with Crippen LogP contribution in [0.15, 0.2) is 47.3 Å². The lowest BCUT2D eigenvalue weighted by molar-refractivity contribution is 0.302. The number of aryl methyl sites for hydroxylation is 1. The summed E-state index contributed by atoms with van der Waals surface area (Å²) < 4.78 is 7.33. The van der Waals surface area contributed by atoms with Gasteiger partial charge >= 0.3 is 5.69 Å². The van der Waals surface area contributed by atoms with E-state index in [0.29, 0.717) is 35.4 Å². The lowest BCUT2D eigenvalue weighted by Gasteiger charge is -2.09. The highest BCUT2D eigenvalue weighted by molar-refractivity contribution is 6.34. The van der Waals surface area contributed by atoms with Gasteiger partial charge in [-0.05, 0) is 30.7 Å². The van der Waals surface area contributed by atoms with E-state index in [1.54, 1.807) is 22.8 Å². The first-order valence-electron chi connectivity index (χ1n) is 6.90. The second-order valence-corrected chi connectivity index (χ2v) is 5.72. The van der Waals surface area contributed by atoms with Crippen molar-refractivity contribution in [3.63, 3.8) is 0 Å². The van der Waals surface area contributed by atoms with Gasteiger partial charge in [0.1, 0.15) is 5.75 Å². The molecule has 2 aromatic carbocycles.